The molecule has 4 nitrogen and oxygen atoms in total. The minimum absolute atomic E-state index is 0.0570. The smallest absolute Gasteiger partial charge is 0.257 e. The van der Waals surface area contributed by atoms with Crippen LogP contribution in [-0.4, -0.2) is 36.7 Å². The van der Waals surface area contributed by atoms with Crippen LogP contribution in [0.4, 0.5) is 0 Å². The SMILES string of the molecule is CC[C@H](C)OC(=S)N[C@]1(C)CCS(=O)(=O)C1. The molecule has 6 heteroatoms. The Morgan fingerprint density at radius 3 is 2.69 bits per heavy atom. The van der Waals surface area contributed by atoms with E-state index in [2.05, 4.69) is 5.32 Å². The minimum atomic E-state index is -2.91. The Balaban J connectivity index is 2.52. The lowest BCUT2D eigenvalue weighted by molar-refractivity contribution is 0.193. The van der Waals surface area contributed by atoms with Crippen LogP contribution in [0, 0.1) is 0 Å². The predicted molar refractivity (Wildman–Crippen MR) is 68.2 cm³/mol. The molecule has 1 N–H and O–H groups in total. The lowest BCUT2D eigenvalue weighted by atomic mass is 10.0. The Morgan fingerprint density at radius 2 is 2.25 bits per heavy atom. The zero-order valence-corrected chi connectivity index (χ0v) is 11.6. The first-order valence-corrected chi connectivity index (χ1v) is 7.68. The van der Waals surface area contributed by atoms with Crippen molar-refractivity contribution < 1.29 is 13.2 Å². The van der Waals surface area contributed by atoms with Gasteiger partial charge in [-0.1, -0.05) is 6.92 Å². The van der Waals surface area contributed by atoms with E-state index in [4.69, 9.17) is 17.0 Å². The zero-order valence-electron chi connectivity index (χ0n) is 9.95. The Hall–Kier alpha value is -0.360. The molecule has 0 spiro atoms. The van der Waals surface area contributed by atoms with Crippen molar-refractivity contribution in [3.8, 4) is 0 Å². The Morgan fingerprint density at radius 1 is 1.62 bits per heavy atom. The Kier molecular flexibility index (Phi) is 4.17. The molecule has 0 bridgehead atoms. The highest BCUT2D eigenvalue weighted by Gasteiger charge is 2.39. The maximum atomic E-state index is 11.4. The third-order valence-corrected chi connectivity index (χ3v) is 4.89. The number of rotatable bonds is 3. The summed E-state index contributed by atoms with van der Waals surface area (Å²) in [5, 5.41) is 3.31. The van der Waals surface area contributed by atoms with Crippen molar-refractivity contribution in [1.82, 2.24) is 5.32 Å². The molecule has 2 atom stereocenters. The first-order chi connectivity index (χ1) is 7.26. The van der Waals surface area contributed by atoms with Gasteiger partial charge in [0.2, 0.25) is 0 Å². The van der Waals surface area contributed by atoms with Gasteiger partial charge in [0.15, 0.2) is 9.84 Å². The first kappa shape index (κ1) is 13.7. The number of sulfone groups is 1. The van der Waals surface area contributed by atoms with Crippen molar-refractivity contribution in [2.24, 2.45) is 0 Å². The van der Waals surface area contributed by atoms with E-state index < -0.39 is 15.4 Å². The van der Waals surface area contributed by atoms with Crippen molar-refractivity contribution in [2.45, 2.75) is 45.3 Å². The van der Waals surface area contributed by atoms with Gasteiger partial charge in [0.05, 0.1) is 23.1 Å². The molecule has 1 fully saturated rings. The summed E-state index contributed by atoms with van der Waals surface area (Å²) in [6.45, 7) is 5.81. The number of hydrogen-bond acceptors (Lipinski definition) is 4. The van der Waals surface area contributed by atoms with Crippen molar-refractivity contribution >= 4 is 27.2 Å². The average Bonchev–Trinajstić information content (AvgIpc) is 2.39. The third-order valence-electron chi connectivity index (χ3n) is 2.79. The van der Waals surface area contributed by atoms with Crippen LogP contribution in [0.5, 0.6) is 0 Å². The highest BCUT2D eigenvalue weighted by molar-refractivity contribution is 7.91. The molecule has 0 amide bonds. The molecule has 0 unspecified atom stereocenters. The van der Waals surface area contributed by atoms with E-state index in [1.807, 2.05) is 20.8 Å². The molecule has 0 saturated carbocycles. The number of nitrogens with one attached hydrogen (secondary N) is 1. The number of hydrogen-bond donors (Lipinski definition) is 1. The van der Waals surface area contributed by atoms with Gasteiger partial charge in [-0.25, -0.2) is 8.42 Å². The maximum absolute atomic E-state index is 11.4. The standard InChI is InChI=1S/C10H19NO3S2/c1-4-8(2)14-9(15)11-10(3)5-6-16(12,13)7-10/h8H,4-7H2,1-3H3,(H,11,15)/t8-,10+/m0/s1. The van der Waals surface area contributed by atoms with E-state index >= 15 is 0 Å². The van der Waals surface area contributed by atoms with Crippen LogP contribution in [0.25, 0.3) is 0 Å². The van der Waals surface area contributed by atoms with Crippen LogP contribution in [0.3, 0.4) is 0 Å². The van der Waals surface area contributed by atoms with Crippen molar-refractivity contribution in [3.05, 3.63) is 0 Å². The molecule has 94 valence electrons. The normalized spacial score (nSPS) is 29.7. The topological polar surface area (TPSA) is 55.4 Å². The van der Waals surface area contributed by atoms with Crippen LogP contribution in [0.1, 0.15) is 33.6 Å². The van der Waals surface area contributed by atoms with Gasteiger partial charge in [-0.05, 0) is 38.9 Å². The van der Waals surface area contributed by atoms with E-state index in [1.54, 1.807) is 0 Å². The van der Waals surface area contributed by atoms with Gasteiger partial charge in [-0.15, -0.1) is 0 Å². The molecule has 0 aromatic heterocycles. The fourth-order valence-electron chi connectivity index (χ4n) is 1.65. The second-order valence-corrected chi connectivity index (χ2v) is 7.21. The monoisotopic (exact) mass is 265 g/mol. The van der Waals surface area contributed by atoms with Crippen LogP contribution < -0.4 is 5.32 Å². The van der Waals surface area contributed by atoms with E-state index in [0.29, 0.717) is 11.6 Å². The van der Waals surface area contributed by atoms with E-state index in [1.165, 1.54) is 0 Å². The summed E-state index contributed by atoms with van der Waals surface area (Å²) in [4.78, 5) is 0. The Bertz CT molecular complexity index is 366. The second-order valence-electron chi connectivity index (χ2n) is 4.65. The van der Waals surface area contributed by atoms with Gasteiger partial charge >= 0.3 is 0 Å². The van der Waals surface area contributed by atoms with Gasteiger partial charge in [-0.2, -0.15) is 0 Å². The molecule has 1 aliphatic rings. The van der Waals surface area contributed by atoms with E-state index in [-0.39, 0.29) is 17.6 Å². The summed E-state index contributed by atoms with van der Waals surface area (Å²) in [5.74, 6) is 0.354. The lowest BCUT2D eigenvalue weighted by Gasteiger charge is -2.26. The summed E-state index contributed by atoms with van der Waals surface area (Å²) in [6, 6.07) is 0. The van der Waals surface area contributed by atoms with Crippen LogP contribution >= 0.6 is 12.2 Å². The van der Waals surface area contributed by atoms with Crippen LogP contribution in [-0.2, 0) is 14.6 Å². The summed E-state index contributed by atoms with van der Waals surface area (Å²) in [5.41, 5.74) is -0.469. The molecule has 16 heavy (non-hydrogen) atoms. The van der Waals surface area contributed by atoms with Gasteiger partial charge in [0.1, 0.15) is 0 Å². The Labute approximate surface area is 103 Å². The van der Waals surface area contributed by atoms with Crippen molar-refractivity contribution in [2.75, 3.05) is 11.5 Å². The van der Waals surface area contributed by atoms with E-state index in [0.717, 1.165) is 6.42 Å². The average molecular weight is 265 g/mol. The van der Waals surface area contributed by atoms with Crippen molar-refractivity contribution in [3.63, 3.8) is 0 Å². The third kappa shape index (κ3) is 3.90. The molecular weight excluding hydrogens is 246 g/mol. The molecule has 1 heterocycles. The molecule has 1 saturated heterocycles. The molecule has 0 radical (unpaired) electrons. The fourth-order valence-corrected chi connectivity index (χ4v) is 4.15. The van der Waals surface area contributed by atoms with Crippen molar-refractivity contribution in [1.29, 1.82) is 0 Å². The number of thiocarbonyl (C=S) groups is 1. The maximum Gasteiger partial charge on any atom is 0.257 e. The first-order valence-electron chi connectivity index (χ1n) is 5.45. The zero-order chi connectivity index (χ0) is 12.4. The summed E-state index contributed by atoms with van der Waals surface area (Å²) < 4.78 is 28.2. The predicted octanol–water partition coefficient (Wildman–Crippen LogP) is 1.25. The van der Waals surface area contributed by atoms with Gasteiger partial charge in [0, 0.05) is 0 Å². The van der Waals surface area contributed by atoms with Crippen LogP contribution in [0.2, 0.25) is 0 Å². The largest absolute Gasteiger partial charge is 0.468 e. The molecular formula is C10H19NO3S2. The lowest BCUT2D eigenvalue weighted by Crippen LogP contribution is -2.47. The second kappa shape index (κ2) is 4.87. The van der Waals surface area contributed by atoms with Gasteiger partial charge in [-0.3, -0.25) is 0 Å². The summed E-state index contributed by atoms with van der Waals surface area (Å²) >= 11 is 5.05. The molecule has 0 aromatic carbocycles. The van der Waals surface area contributed by atoms with Gasteiger partial charge in [0.25, 0.3) is 5.17 Å². The fraction of sp³-hybridized carbons (Fsp3) is 0.900. The van der Waals surface area contributed by atoms with E-state index in [9.17, 15) is 8.42 Å². The summed E-state index contributed by atoms with van der Waals surface area (Å²) in [7, 11) is -2.91. The highest BCUT2D eigenvalue weighted by atomic mass is 32.2. The van der Waals surface area contributed by atoms with Crippen LogP contribution in [0.15, 0.2) is 0 Å². The minimum Gasteiger partial charge on any atom is -0.468 e. The molecule has 0 aromatic rings. The summed E-state index contributed by atoms with van der Waals surface area (Å²) in [6.07, 6.45) is 1.51. The molecule has 1 aliphatic heterocycles. The number of ether oxygens (including phenoxy) is 1. The molecule has 0 aliphatic carbocycles. The highest BCUT2D eigenvalue weighted by Crippen LogP contribution is 2.23. The van der Waals surface area contributed by atoms with Gasteiger partial charge < -0.3 is 10.1 Å². The molecule has 1 rings (SSSR count). The quantitative estimate of drug-likeness (QED) is 0.778.